The fraction of sp³-hybridized carbons (Fsp3) is 0.160. The molecule has 3 aromatic carbocycles. The van der Waals surface area contributed by atoms with Crippen LogP contribution in [-0.4, -0.2) is 34.9 Å². The van der Waals surface area contributed by atoms with Crippen molar-refractivity contribution in [3.05, 3.63) is 84.2 Å². The molecule has 4 aromatic rings. The molecule has 0 radical (unpaired) electrons. The monoisotopic (exact) mass is 426 g/mol. The largest absolute Gasteiger partial charge is 0.482 e. The van der Waals surface area contributed by atoms with Gasteiger partial charge in [-0.3, -0.25) is 14.5 Å². The van der Waals surface area contributed by atoms with Crippen LogP contribution in [0.3, 0.4) is 0 Å². The number of H-pyrrole nitrogens is 1. The van der Waals surface area contributed by atoms with Crippen LogP contribution in [0, 0.1) is 0 Å². The molecule has 7 nitrogen and oxygen atoms in total. The van der Waals surface area contributed by atoms with Gasteiger partial charge in [-0.25, -0.2) is 4.98 Å². The van der Waals surface area contributed by atoms with Gasteiger partial charge in [-0.2, -0.15) is 0 Å². The Balaban J connectivity index is 1.28. The number of benzene rings is 3. The molecule has 160 valence electrons. The summed E-state index contributed by atoms with van der Waals surface area (Å²) in [5, 5.41) is 2.97. The maximum absolute atomic E-state index is 12.8. The van der Waals surface area contributed by atoms with Crippen LogP contribution in [0.1, 0.15) is 11.4 Å². The van der Waals surface area contributed by atoms with Crippen LogP contribution in [0.4, 0.5) is 11.4 Å². The number of para-hydroxylation sites is 5. The standard InChI is InChI=1S/C25H22N4O3/c30-24(15-29-21-11-5-6-12-22(21)32-16-25(29)31)28-18-8-2-1-7-17(18)13-14-23-26-19-9-3-4-10-20(19)27-23/h1-12H,13-16H2,(H,26,27)(H,28,30). The highest BCUT2D eigenvalue weighted by Gasteiger charge is 2.27. The second kappa shape index (κ2) is 8.55. The minimum absolute atomic E-state index is 0.0711. The lowest BCUT2D eigenvalue weighted by atomic mass is 10.1. The minimum atomic E-state index is -0.258. The van der Waals surface area contributed by atoms with Crippen LogP contribution in [0.2, 0.25) is 0 Å². The quantitative estimate of drug-likeness (QED) is 0.492. The van der Waals surface area contributed by atoms with Crippen molar-refractivity contribution in [1.29, 1.82) is 0 Å². The Kier molecular flexibility index (Phi) is 5.29. The lowest BCUT2D eigenvalue weighted by Crippen LogP contribution is -2.43. The fourth-order valence-electron chi connectivity index (χ4n) is 3.90. The molecule has 32 heavy (non-hydrogen) atoms. The van der Waals surface area contributed by atoms with Gasteiger partial charge in [-0.15, -0.1) is 0 Å². The molecule has 2 heterocycles. The number of nitrogens with one attached hydrogen (secondary N) is 2. The molecule has 0 unspecified atom stereocenters. The number of fused-ring (bicyclic) bond motifs is 2. The highest BCUT2D eigenvalue weighted by Crippen LogP contribution is 2.31. The summed E-state index contributed by atoms with van der Waals surface area (Å²) in [7, 11) is 0. The van der Waals surface area contributed by atoms with E-state index in [0.717, 1.165) is 41.0 Å². The molecular formula is C25H22N4O3. The van der Waals surface area contributed by atoms with Gasteiger partial charge in [-0.1, -0.05) is 42.5 Å². The number of aromatic amines is 1. The number of hydrogen-bond donors (Lipinski definition) is 2. The molecule has 0 bridgehead atoms. The summed E-state index contributed by atoms with van der Waals surface area (Å²) in [6.07, 6.45) is 1.44. The average molecular weight is 426 g/mol. The third kappa shape index (κ3) is 4.05. The summed E-state index contributed by atoms with van der Waals surface area (Å²) in [5.41, 5.74) is 4.31. The van der Waals surface area contributed by atoms with E-state index < -0.39 is 0 Å². The molecule has 0 spiro atoms. The smallest absolute Gasteiger partial charge is 0.265 e. The number of amides is 2. The van der Waals surface area contributed by atoms with Crippen LogP contribution in [0.15, 0.2) is 72.8 Å². The van der Waals surface area contributed by atoms with Gasteiger partial charge in [0, 0.05) is 12.1 Å². The van der Waals surface area contributed by atoms with Crippen molar-refractivity contribution in [1.82, 2.24) is 9.97 Å². The molecule has 0 aliphatic carbocycles. The third-order valence-electron chi connectivity index (χ3n) is 5.47. The number of nitrogens with zero attached hydrogens (tertiary/aromatic N) is 2. The highest BCUT2D eigenvalue weighted by molar-refractivity contribution is 6.05. The SMILES string of the molecule is O=C(CN1C(=O)COc2ccccc21)Nc1ccccc1CCc1nc2ccccc2[nH]1. The number of imidazole rings is 1. The second-order valence-corrected chi connectivity index (χ2v) is 7.64. The highest BCUT2D eigenvalue weighted by atomic mass is 16.5. The summed E-state index contributed by atoms with van der Waals surface area (Å²) in [4.78, 5) is 34.6. The summed E-state index contributed by atoms with van der Waals surface area (Å²) < 4.78 is 5.45. The van der Waals surface area contributed by atoms with E-state index in [0.29, 0.717) is 11.4 Å². The van der Waals surface area contributed by atoms with Crippen molar-refractivity contribution in [2.24, 2.45) is 0 Å². The summed E-state index contributed by atoms with van der Waals surface area (Å²) in [6, 6.07) is 22.9. The lowest BCUT2D eigenvalue weighted by molar-refractivity contribution is -0.123. The van der Waals surface area contributed by atoms with Gasteiger partial charge in [0.2, 0.25) is 5.91 Å². The molecule has 1 aliphatic heterocycles. The fourth-order valence-corrected chi connectivity index (χ4v) is 3.90. The van der Waals surface area contributed by atoms with E-state index in [1.54, 1.807) is 12.1 Å². The molecule has 1 aromatic heterocycles. The van der Waals surface area contributed by atoms with E-state index in [-0.39, 0.29) is 25.0 Å². The van der Waals surface area contributed by atoms with E-state index in [9.17, 15) is 9.59 Å². The number of carbonyl (C=O) groups excluding carboxylic acids is 2. The zero-order valence-electron chi connectivity index (χ0n) is 17.4. The normalized spacial score (nSPS) is 13.0. The van der Waals surface area contributed by atoms with E-state index in [1.165, 1.54) is 4.90 Å². The number of anilines is 2. The average Bonchev–Trinajstić information content (AvgIpc) is 3.23. The first-order valence-corrected chi connectivity index (χ1v) is 10.5. The van der Waals surface area contributed by atoms with Gasteiger partial charge >= 0.3 is 0 Å². The molecule has 0 atom stereocenters. The molecule has 5 rings (SSSR count). The Hall–Kier alpha value is -4.13. The summed E-state index contributed by atoms with van der Waals surface area (Å²) in [6.45, 7) is -0.143. The van der Waals surface area contributed by atoms with Crippen molar-refractivity contribution in [3.63, 3.8) is 0 Å². The van der Waals surface area contributed by atoms with Crippen LogP contribution in [-0.2, 0) is 22.4 Å². The Bertz CT molecular complexity index is 1260. The number of aromatic nitrogens is 2. The number of hydrogen-bond acceptors (Lipinski definition) is 4. The first-order valence-electron chi connectivity index (χ1n) is 10.5. The molecule has 0 fully saturated rings. The summed E-state index contributed by atoms with van der Waals surface area (Å²) >= 11 is 0. The third-order valence-corrected chi connectivity index (χ3v) is 5.47. The van der Waals surface area contributed by atoms with Crippen LogP contribution in [0.25, 0.3) is 11.0 Å². The Labute approximate surface area is 185 Å². The molecule has 2 amide bonds. The molecule has 0 saturated heterocycles. The zero-order valence-corrected chi connectivity index (χ0v) is 17.4. The number of rotatable bonds is 6. The first-order chi connectivity index (χ1) is 15.7. The van der Waals surface area contributed by atoms with Gasteiger partial charge in [0.25, 0.3) is 5.91 Å². The maximum Gasteiger partial charge on any atom is 0.265 e. The van der Waals surface area contributed by atoms with E-state index in [4.69, 9.17) is 4.74 Å². The minimum Gasteiger partial charge on any atom is -0.482 e. The second-order valence-electron chi connectivity index (χ2n) is 7.64. The van der Waals surface area contributed by atoms with Crippen molar-refractivity contribution in [3.8, 4) is 5.75 Å². The van der Waals surface area contributed by atoms with Gasteiger partial charge in [-0.05, 0) is 42.3 Å². The maximum atomic E-state index is 12.8. The van der Waals surface area contributed by atoms with E-state index in [2.05, 4.69) is 15.3 Å². The Morgan fingerprint density at radius 3 is 2.69 bits per heavy atom. The van der Waals surface area contributed by atoms with Gasteiger partial charge < -0.3 is 15.0 Å². The topological polar surface area (TPSA) is 87.3 Å². The zero-order chi connectivity index (χ0) is 21.9. The van der Waals surface area contributed by atoms with Gasteiger partial charge in [0.05, 0.1) is 16.7 Å². The van der Waals surface area contributed by atoms with Crippen molar-refractivity contribution < 1.29 is 14.3 Å². The van der Waals surface area contributed by atoms with Crippen molar-refractivity contribution in [2.45, 2.75) is 12.8 Å². The van der Waals surface area contributed by atoms with Crippen LogP contribution < -0.4 is 15.0 Å². The Morgan fingerprint density at radius 1 is 1.00 bits per heavy atom. The van der Waals surface area contributed by atoms with Crippen molar-refractivity contribution in [2.75, 3.05) is 23.4 Å². The summed E-state index contributed by atoms with van der Waals surface area (Å²) in [5.74, 6) is 1.01. The van der Waals surface area contributed by atoms with Gasteiger partial charge in [0.1, 0.15) is 18.1 Å². The first kappa shape index (κ1) is 19.8. The molecular weight excluding hydrogens is 404 g/mol. The molecule has 7 heteroatoms. The number of carbonyl (C=O) groups is 2. The molecule has 0 saturated carbocycles. The van der Waals surface area contributed by atoms with Crippen LogP contribution in [0.5, 0.6) is 5.75 Å². The van der Waals surface area contributed by atoms with Crippen LogP contribution >= 0.6 is 0 Å². The lowest BCUT2D eigenvalue weighted by Gasteiger charge is -2.28. The predicted octanol–water partition coefficient (Wildman–Crippen LogP) is 3.71. The Morgan fingerprint density at radius 2 is 1.78 bits per heavy atom. The van der Waals surface area contributed by atoms with Gasteiger partial charge in [0.15, 0.2) is 6.61 Å². The van der Waals surface area contributed by atoms with E-state index in [1.807, 2.05) is 60.7 Å². The molecule has 2 N–H and O–H groups in total. The molecule has 1 aliphatic rings. The number of aryl methyl sites for hydroxylation is 2. The number of ether oxygens (including phenoxy) is 1. The predicted molar refractivity (Wildman–Crippen MR) is 123 cm³/mol. The van der Waals surface area contributed by atoms with E-state index >= 15 is 0 Å². The van der Waals surface area contributed by atoms with Crippen molar-refractivity contribution >= 4 is 34.2 Å².